The van der Waals surface area contributed by atoms with Crippen LogP contribution in [0.15, 0.2) is 72.8 Å². The maximum atomic E-state index is 13.2. The molecule has 130 valence electrons. The van der Waals surface area contributed by atoms with Crippen molar-refractivity contribution in [1.29, 1.82) is 0 Å². The minimum absolute atomic E-state index is 0.0243. The number of hydrogen-bond acceptors (Lipinski definition) is 3. The first-order valence-corrected chi connectivity index (χ1v) is 8.37. The van der Waals surface area contributed by atoms with Crippen molar-refractivity contribution in [2.45, 2.75) is 19.8 Å². The fraction of sp³-hybridized carbons (Fsp3) is 0.136. The summed E-state index contributed by atoms with van der Waals surface area (Å²) >= 11 is 0. The fourth-order valence-electron chi connectivity index (χ4n) is 2.93. The van der Waals surface area contributed by atoms with Crippen LogP contribution < -0.4 is 0 Å². The lowest BCUT2D eigenvalue weighted by Gasteiger charge is -2.18. The summed E-state index contributed by atoms with van der Waals surface area (Å²) in [5, 5.41) is 10.8. The molecule has 0 N–H and O–H groups in total. The predicted molar refractivity (Wildman–Crippen MR) is 102 cm³/mol. The molecule has 3 aromatic carbocycles. The van der Waals surface area contributed by atoms with Gasteiger partial charge in [0.1, 0.15) is 0 Å². The Bertz CT molecular complexity index is 881. The number of benzene rings is 3. The molecule has 0 aliphatic heterocycles. The molecule has 0 aliphatic carbocycles. The number of non-ortho nitro benzene ring substituents is 1. The molecule has 0 saturated heterocycles. The van der Waals surface area contributed by atoms with Crippen molar-refractivity contribution in [2.75, 3.05) is 0 Å². The number of hydrogen-bond donors (Lipinski definition) is 0. The highest BCUT2D eigenvalue weighted by Gasteiger charge is 2.24. The zero-order chi connectivity index (χ0) is 18.7. The normalized spacial score (nSPS) is 10.7. The SMILES string of the molecule is Cc1ccc(C(C(=O)c2ccc([N+](=O)[O-])cc2)c2ccc(C)cc2)cc1. The molecule has 0 spiro atoms. The van der Waals surface area contributed by atoms with Gasteiger partial charge >= 0.3 is 0 Å². The summed E-state index contributed by atoms with van der Waals surface area (Å²) in [6, 6.07) is 21.6. The maximum absolute atomic E-state index is 13.2. The highest BCUT2D eigenvalue weighted by molar-refractivity contribution is 6.03. The van der Waals surface area contributed by atoms with Gasteiger partial charge in [-0.2, -0.15) is 0 Å². The zero-order valence-corrected chi connectivity index (χ0v) is 14.7. The summed E-state index contributed by atoms with van der Waals surface area (Å²) < 4.78 is 0. The standard InChI is InChI=1S/C22H19NO3/c1-15-3-7-17(8-4-15)21(18-9-5-16(2)6-10-18)22(24)19-11-13-20(14-12-19)23(25)26/h3-14,21H,1-2H3. The average Bonchev–Trinajstić information content (AvgIpc) is 2.65. The molecule has 0 fully saturated rings. The molecule has 0 aromatic heterocycles. The molecule has 26 heavy (non-hydrogen) atoms. The van der Waals surface area contributed by atoms with Crippen molar-refractivity contribution in [3.63, 3.8) is 0 Å². The lowest BCUT2D eigenvalue weighted by atomic mass is 9.84. The van der Waals surface area contributed by atoms with Gasteiger partial charge in [-0.1, -0.05) is 59.7 Å². The van der Waals surface area contributed by atoms with Gasteiger partial charge in [-0.05, 0) is 37.1 Å². The van der Waals surface area contributed by atoms with Crippen molar-refractivity contribution in [2.24, 2.45) is 0 Å². The summed E-state index contributed by atoms with van der Waals surface area (Å²) in [6.07, 6.45) is 0. The molecule has 0 saturated carbocycles. The van der Waals surface area contributed by atoms with Crippen molar-refractivity contribution < 1.29 is 9.72 Å². The van der Waals surface area contributed by atoms with Gasteiger partial charge in [0.15, 0.2) is 5.78 Å². The second-order valence-corrected chi connectivity index (χ2v) is 6.42. The number of nitro benzene ring substituents is 1. The number of Topliss-reactive ketones (excluding diaryl/α,β-unsaturated/α-hetero) is 1. The highest BCUT2D eigenvalue weighted by Crippen LogP contribution is 2.29. The van der Waals surface area contributed by atoms with Crippen LogP contribution in [0.1, 0.15) is 38.5 Å². The Labute approximate surface area is 152 Å². The molecule has 0 bridgehead atoms. The minimum atomic E-state index is -0.467. The molecule has 3 aromatic rings. The molecule has 0 amide bonds. The lowest BCUT2D eigenvalue weighted by molar-refractivity contribution is -0.384. The van der Waals surface area contributed by atoms with Gasteiger partial charge in [-0.25, -0.2) is 0 Å². The zero-order valence-electron chi connectivity index (χ0n) is 14.7. The summed E-state index contributed by atoms with van der Waals surface area (Å²) in [6.45, 7) is 4.01. The third-order valence-electron chi connectivity index (χ3n) is 4.45. The number of carbonyl (C=O) groups excluding carboxylic acids is 1. The lowest BCUT2D eigenvalue weighted by Crippen LogP contribution is -2.14. The van der Waals surface area contributed by atoms with Gasteiger partial charge in [0.25, 0.3) is 5.69 Å². The smallest absolute Gasteiger partial charge is 0.269 e. The molecule has 0 radical (unpaired) electrons. The van der Waals surface area contributed by atoms with Crippen molar-refractivity contribution in [1.82, 2.24) is 0 Å². The van der Waals surface area contributed by atoms with Gasteiger partial charge in [0.05, 0.1) is 10.8 Å². The second-order valence-electron chi connectivity index (χ2n) is 6.42. The van der Waals surface area contributed by atoms with Crippen LogP contribution in [-0.4, -0.2) is 10.7 Å². The molecular weight excluding hydrogens is 326 g/mol. The quantitative estimate of drug-likeness (QED) is 0.361. The first-order chi connectivity index (χ1) is 12.5. The van der Waals surface area contributed by atoms with E-state index in [1.165, 1.54) is 24.3 Å². The summed E-state index contributed by atoms with van der Waals surface area (Å²) in [5.74, 6) is -0.523. The Kier molecular flexibility index (Phi) is 4.94. The first-order valence-electron chi connectivity index (χ1n) is 8.37. The first kappa shape index (κ1) is 17.5. The van der Waals surface area contributed by atoms with Crippen LogP contribution in [-0.2, 0) is 0 Å². The molecule has 4 heteroatoms. The Hall–Kier alpha value is -3.27. The van der Waals surface area contributed by atoms with Crippen LogP contribution in [0.25, 0.3) is 0 Å². The molecule has 3 rings (SSSR count). The predicted octanol–water partition coefficient (Wildman–Crippen LogP) is 5.23. The molecule has 0 aliphatic rings. The van der Waals surface area contributed by atoms with Gasteiger partial charge in [-0.15, -0.1) is 0 Å². The monoisotopic (exact) mass is 345 g/mol. The van der Waals surface area contributed by atoms with E-state index in [0.29, 0.717) is 5.56 Å². The number of nitrogens with zero attached hydrogens (tertiary/aromatic N) is 1. The van der Waals surface area contributed by atoms with E-state index >= 15 is 0 Å². The molecule has 0 unspecified atom stereocenters. The van der Waals surface area contributed by atoms with Crippen molar-refractivity contribution in [3.05, 3.63) is 111 Å². The summed E-state index contributed by atoms with van der Waals surface area (Å²) in [5.41, 5.74) is 4.49. The van der Waals surface area contributed by atoms with E-state index < -0.39 is 10.8 Å². The Morgan fingerprint density at radius 2 is 1.19 bits per heavy atom. The Morgan fingerprint density at radius 1 is 0.769 bits per heavy atom. The van der Waals surface area contributed by atoms with E-state index in [1.54, 1.807) is 0 Å². The van der Waals surface area contributed by atoms with E-state index in [0.717, 1.165) is 22.3 Å². The molecule has 0 atom stereocenters. The average molecular weight is 345 g/mol. The fourth-order valence-corrected chi connectivity index (χ4v) is 2.93. The number of aryl methyl sites for hydroxylation is 2. The van der Waals surface area contributed by atoms with Crippen LogP contribution in [0, 0.1) is 24.0 Å². The van der Waals surface area contributed by atoms with Gasteiger partial charge in [0.2, 0.25) is 0 Å². The molecular formula is C22H19NO3. The second kappa shape index (κ2) is 7.31. The van der Waals surface area contributed by atoms with Crippen LogP contribution in [0.3, 0.4) is 0 Å². The van der Waals surface area contributed by atoms with Crippen LogP contribution in [0.4, 0.5) is 5.69 Å². The van der Waals surface area contributed by atoms with Crippen molar-refractivity contribution in [3.8, 4) is 0 Å². The van der Waals surface area contributed by atoms with Crippen LogP contribution in [0.2, 0.25) is 0 Å². The van der Waals surface area contributed by atoms with E-state index in [1.807, 2.05) is 62.4 Å². The van der Waals surface area contributed by atoms with Gasteiger partial charge in [-0.3, -0.25) is 14.9 Å². The van der Waals surface area contributed by atoms with Crippen LogP contribution in [0.5, 0.6) is 0 Å². The Balaban J connectivity index is 2.04. The molecule has 4 nitrogen and oxygen atoms in total. The minimum Gasteiger partial charge on any atom is -0.293 e. The topological polar surface area (TPSA) is 60.2 Å². The van der Waals surface area contributed by atoms with E-state index in [4.69, 9.17) is 0 Å². The van der Waals surface area contributed by atoms with E-state index in [9.17, 15) is 14.9 Å². The van der Waals surface area contributed by atoms with Gasteiger partial charge in [0, 0.05) is 17.7 Å². The summed E-state index contributed by atoms with van der Waals surface area (Å²) in [4.78, 5) is 23.6. The number of ketones is 1. The van der Waals surface area contributed by atoms with Gasteiger partial charge < -0.3 is 0 Å². The van der Waals surface area contributed by atoms with E-state index in [-0.39, 0.29) is 11.5 Å². The third-order valence-corrected chi connectivity index (χ3v) is 4.45. The molecule has 0 heterocycles. The summed E-state index contributed by atoms with van der Waals surface area (Å²) in [7, 11) is 0. The largest absolute Gasteiger partial charge is 0.293 e. The van der Waals surface area contributed by atoms with Crippen molar-refractivity contribution >= 4 is 11.5 Å². The van der Waals surface area contributed by atoms with E-state index in [2.05, 4.69) is 0 Å². The number of rotatable bonds is 5. The highest BCUT2D eigenvalue weighted by atomic mass is 16.6. The third kappa shape index (κ3) is 3.70. The number of nitro groups is 1. The number of carbonyl (C=O) groups is 1. The van der Waals surface area contributed by atoms with Crippen LogP contribution >= 0.6 is 0 Å². The maximum Gasteiger partial charge on any atom is 0.269 e. The Morgan fingerprint density at radius 3 is 1.58 bits per heavy atom.